The van der Waals surface area contributed by atoms with Gasteiger partial charge < -0.3 is 16.4 Å². The van der Waals surface area contributed by atoms with Crippen LogP contribution >= 0.6 is 0 Å². The molecular weight excluding hydrogens is 577 g/mol. The van der Waals surface area contributed by atoms with Crippen molar-refractivity contribution in [3.63, 3.8) is 0 Å². The number of hydrogen-bond acceptors (Lipinski definition) is 8. The summed E-state index contributed by atoms with van der Waals surface area (Å²) in [6.07, 6.45) is 2.80. The van der Waals surface area contributed by atoms with Gasteiger partial charge in [0.1, 0.15) is 6.54 Å². The molecule has 12 nitrogen and oxygen atoms in total. The molecule has 5 rings (SSSR count). The minimum absolute atomic E-state index is 0.133. The standard InChI is InChI=1S/C29H31F3N10O2/c1-3-18-13-19(6-7-20(18)28(44)37-17(2)15-40-10-4-5-22(40)25(34)43)38-26-27-36-14-23(42(27)12-9-35-26)21-16-41(11-8-33)39-24(21)29(30,31)32/h6-7,9,12-14,16-17,22H,3-5,10-11,15H2,1-2H3,(H2,34,43)(H,35,38)(H,37,44)/t17-,22?/m1/s1. The Balaban J connectivity index is 1.36. The second-order valence-corrected chi connectivity index (χ2v) is 10.6. The minimum Gasteiger partial charge on any atom is -0.368 e. The monoisotopic (exact) mass is 608 g/mol. The molecule has 0 saturated carbocycles. The molecule has 1 aliphatic rings. The van der Waals surface area contributed by atoms with Gasteiger partial charge >= 0.3 is 6.18 Å². The van der Waals surface area contributed by atoms with E-state index in [-0.39, 0.29) is 47.3 Å². The molecule has 230 valence electrons. The number of aromatic nitrogens is 5. The van der Waals surface area contributed by atoms with Gasteiger partial charge in [0, 0.05) is 42.4 Å². The number of nitriles is 1. The highest BCUT2D eigenvalue weighted by Crippen LogP contribution is 2.37. The first-order valence-corrected chi connectivity index (χ1v) is 14.1. The van der Waals surface area contributed by atoms with Crippen LogP contribution in [0.3, 0.4) is 0 Å². The summed E-state index contributed by atoms with van der Waals surface area (Å²) in [7, 11) is 0. The number of amides is 2. The van der Waals surface area contributed by atoms with Crippen molar-refractivity contribution in [1.29, 1.82) is 5.26 Å². The molecule has 0 spiro atoms. The molecule has 3 aromatic heterocycles. The predicted octanol–water partition coefficient (Wildman–Crippen LogP) is 3.51. The maximum absolute atomic E-state index is 13.8. The van der Waals surface area contributed by atoms with Crippen LogP contribution in [0, 0.1) is 11.3 Å². The van der Waals surface area contributed by atoms with E-state index in [1.54, 1.807) is 18.2 Å². The van der Waals surface area contributed by atoms with Gasteiger partial charge in [-0.1, -0.05) is 6.92 Å². The van der Waals surface area contributed by atoms with Crippen LogP contribution in [0.4, 0.5) is 24.7 Å². The van der Waals surface area contributed by atoms with E-state index >= 15 is 0 Å². The lowest BCUT2D eigenvalue weighted by Crippen LogP contribution is -2.47. The van der Waals surface area contributed by atoms with Crippen molar-refractivity contribution in [1.82, 2.24) is 34.4 Å². The molecule has 0 aliphatic carbocycles. The Morgan fingerprint density at radius 2 is 2.07 bits per heavy atom. The summed E-state index contributed by atoms with van der Waals surface area (Å²) < 4.78 is 43.7. The van der Waals surface area contributed by atoms with E-state index in [4.69, 9.17) is 11.0 Å². The average Bonchev–Trinajstić information content (AvgIpc) is 3.71. The first-order valence-electron chi connectivity index (χ1n) is 14.1. The summed E-state index contributed by atoms with van der Waals surface area (Å²) in [5.41, 5.74) is 6.46. The third-order valence-corrected chi connectivity index (χ3v) is 7.54. The number of fused-ring (bicyclic) bond motifs is 1. The number of aryl methyl sites for hydroxylation is 1. The number of alkyl halides is 3. The topological polar surface area (TPSA) is 159 Å². The van der Waals surface area contributed by atoms with Crippen LogP contribution in [0.2, 0.25) is 0 Å². The summed E-state index contributed by atoms with van der Waals surface area (Å²) in [6.45, 7) is 4.72. The summed E-state index contributed by atoms with van der Waals surface area (Å²) in [5, 5.41) is 18.7. The van der Waals surface area contributed by atoms with Gasteiger partial charge in [-0.3, -0.25) is 23.6 Å². The van der Waals surface area contributed by atoms with Crippen molar-refractivity contribution in [2.24, 2.45) is 5.73 Å². The SMILES string of the molecule is CCc1cc(Nc2nccn3c(-c4cn(CC#N)nc4C(F)(F)F)cnc23)ccc1C(=O)N[C@H](C)CN1CCCC1C(N)=O. The van der Waals surface area contributed by atoms with Crippen molar-refractivity contribution >= 4 is 29.0 Å². The number of imidazole rings is 1. The van der Waals surface area contributed by atoms with Crippen molar-refractivity contribution < 1.29 is 22.8 Å². The number of carbonyl (C=O) groups is 2. The number of carbonyl (C=O) groups excluding carboxylic acids is 2. The fourth-order valence-electron chi connectivity index (χ4n) is 5.57. The summed E-state index contributed by atoms with van der Waals surface area (Å²) in [4.78, 5) is 35.5. The van der Waals surface area contributed by atoms with Crippen molar-refractivity contribution in [3.8, 4) is 17.3 Å². The average molecular weight is 609 g/mol. The van der Waals surface area contributed by atoms with E-state index in [9.17, 15) is 22.8 Å². The smallest absolute Gasteiger partial charge is 0.368 e. The van der Waals surface area contributed by atoms with Crippen LogP contribution in [0.1, 0.15) is 48.3 Å². The van der Waals surface area contributed by atoms with Gasteiger partial charge in [-0.25, -0.2) is 9.97 Å². The van der Waals surface area contributed by atoms with E-state index < -0.39 is 11.9 Å². The predicted molar refractivity (Wildman–Crippen MR) is 155 cm³/mol. The lowest BCUT2D eigenvalue weighted by molar-refractivity contribution is -0.141. The van der Waals surface area contributed by atoms with Crippen LogP contribution in [-0.2, 0) is 23.9 Å². The molecule has 1 unspecified atom stereocenters. The third-order valence-electron chi connectivity index (χ3n) is 7.54. The fourth-order valence-corrected chi connectivity index (χ4v) is 5.57. The van der Waals surface area contributed by atoms with Crippen LogP contribution in [0.15, 0.2) is 43.0 Å². The lowest BCUT2D eigenvalue weighted by atomic mass is 10.0. The fraction of sp³-hybridized carbons (Fsp3) is 0.379. The number of halogens is 3. The molecule has 1 fully saturated rings. The zero-order valence-corrected chi connectivity index (χ0v) is 24.1. The minimum atomic E-state index is -4.74. The molecule has 1 aromatic carbocycles. The first-order chi connectivity index (χ1) is 21.0. The lowest BCUT2D eigenvalue weighted by Gasteiger charge is -2.26. The third kappa shape index (κ3) is 6.20. The zero-order chi connectivity index (χ0) is 31.6. The molecule has 0 radical (unpaired) electrons. The number of hydrogen-bond donors (Lipinski definition) is 3. The number of nitrogens with two attached hydrogens (primary N) is 1. The van der Waals surface area contributed by atoms with Crippen LogP contribution in [-0.4, -0.2) is 66.0 Å². The maximum Gasteiger partial charge on any atom is 0.435 e. The largest absolute Gasteiger partial charge is 0.435 e. The Labute approximate surface area is 250 Å². The van der Waals surface area contributed by atoms with Crippen molar-refractivity contribution in [2.45, 2.75) is 57.9 Å². The highest BCUT2D eigenvalue weighted by molar-refractivity contribution is 5.96. The van der Waals surface area contributed by atoms with E-state index in [1.807, 2.05) is 24.8 Å². The number of benzene rings is 1. The number of anilines is 2. The van der Waals surface area contributed by atoms with Gasteiger partial charge in [-0.15, -0.1) is 0 Å². The Morgan fingerprint density at radius 1 is 1.27 bits per heavy atom. The van der Waals surface area contributed by atoms with Gasteiger partial charge in [-0.05, 0) is 56.5 Å². The second-order valence-electron chi connectivity index (χ2n) is 10.6. The van der Waals surface area contributed by atoms with Gasteiger partial charge in [-0.2, -0.15) is 23.5 Å². The molecule has 4 aromatic rings. The Hall–Kier alpha value is -4.97. The second kappa shape index (κ2) is 12.3. The summed E-state index contributed by atoms with van der Waals surface area (Å²) in [6, 6.07) is 6.48. The molecule has 1 saturated heterocycles. The Morgan fingerprint density at radius 3 is 2.77 bits per heavy atom. The van der Waals surface area contributed by atoms with E-state index in [1.165, 1.54) is 29.2 Å². The number of nitrogens with one attached hydrogen (secondary N) is 2. The highest BCUT2D eigenvalue weighted by atomic mass is 19.4. The van der Waals surface area contributed by atoms with Crippen molar-refractivity contribution in [2.75, 3.05) is 18.4 Å². The number of primary amides is 1. The van der Waals surface area contributed by atoms with Crippen LogP contribution in [0.5, 0.6) is 0 Å². The zero-order valence-electron chi connectivity index (χ0n) is 24.1. The first kappa shape index (κ1) is 30.5. The van der Waals surface area contributed by atoms with Gasteiger partial charge in [0.2, 0.25) is 5.91 Å². The molecule has 2 amide bonds. The van der Waals surface area contributed by atoms with Crippen molar-refractivity contribution in [3.05, 3.63) is 59.8 Å². The van der Waals surface area contributed by atoms with Gasteiger partial charge in [0.15, 0.2) is 17.2 Å². The summed E-state index contributed by atoms with van der Waals surface area (Å²) in [5.74, 6) is -0.308. The van der Waals surface area contributed by atoms with Gasteiger partial charge in [0.25, 0.3) is 5.91 Å². The molecule has 44 heavy (non-hydrogen) atoms. The Kier molecular flexibility index (Phi) is 8.54. The molecule has 0 bridgehead atoms. The van der Waals surface area contributed by atoms with Crippen LogP contribution < -0.4 is 16.4 Å². The molecule has 4 heterocycles. The number of rotatable bonds is 10. The molecule has 15 heteroatoms. The highest BCUT2D eigenvalue weighted by Gasteiger charge is 2.38. The molecule has 4 N–H and O–H groups in total. The maximum atomic E-state index is 13.8. The number of likely N-dealkylation sites (tertiary alicyclic amines) is 1. The molecular formula is C29H31F3N10O2. The molecule has 1 aliphatic heterocycles. The van der Waals surface area contributed by atoms with Crippen LogP contribution in [0.25, 0.3) is 16.9 Å². The van der Waals surface area contributed by atoms with E-state index in [2.05, 4.69) is 25.7 Å². The Bertz CT molecular complexity index is 1740. The number of nitrogens with zero attached hydrogens (tertiary/aromatic N) is 7. The van der Waals surface area contributed by atoms with Gasteiger partial charge in [0.05, 0.1) is 29.6 Å². The normalized spacial score (nSPS) is 16.1. The summed E-state index contributed by atoms with van der Waals surface area (Å²) >= 11 is 0. The van der Waals surface area contributed by atoms with E-state index in [0.717, 1.165) is 29.6 Å². The quantitative estimate of drug-likeness (QED) is 0.247. The van der Waals surface area contributed by atoms with E-state index in [0.29, 0.717) is 30.0 Å². The molecule has 2 atom stereocenters.